The summed E-state index contributed by atoms with van der Waals surface area (Å²) in [6.45, 7) is 0.425. The predicted octanol–water partition coefficient (Wildman–Crippen LogP) is 1.51. The predicted molar refractivity (Wildman–Crippen MR) is 79.5 cm³/mol. The van der Waals surface area contributed by atoms with Gasteiger partial charge in [0, 0.05) is 12.7 Å². The number of nitrogens with one attached hydrogen (secondary N) is 1. The second-order valence-electron chi connectivity index (χ2n) is 4.58. The Morgan fingerprint density at radius 2 is 2.09 bits per heavy atom. The van der Waals surface area contributed by atoms with Crippen LogP contribution >= 0.6 is 0 Å². The van der Waals surface area contributed by atoms with Crippen molar-refractivity contribution in [3.63, 3.8) is 0 Å². The Hall–Kier alpha value is -3.40. The van der Waals surface area contributed by atoms with Crippen LogP contribution in [0.15, 0.2) is 47.7 Å². The zero-order valence-corrected chi connectivity index (χ0v) is 11.4. The number of fused-ring (bicyclic) bond motifs is 1. The molecule has 0 aliphatic carbocycles. The van der Waals surface area contributed by atoms with E-state index in [-0.39, 0.29) is 11.2 Å². The summed E-state index contributed by atoms with van der Waals surface area (Å²) in [6, 6.07) is 11.4. The van der Waals surface area contributed by atoms with Crippen LogP contribution in [0, 0.1) is 11.3 Å². The van der Waals surface area contributed by atoms with Crippen molar-refractivity contribution in [3.05, 3.63) is 64.3 Å². The summed E-state index contributed by atoms with van der Waals surface area (Å²) >= 11 is 0. The summed E-state index contributed by atoms with van der Waals surface area (Å²) in [4.78, 5) is 19.8. The van der Waals surface area contributed by atoms with E-state index in [9.17, 15) is 15.3 Å². The van der Waals surface area contributed by atoms with Gasteiger partial charge in [0.05, 0.1) is 11.1 Å². The molecule has 0 saturated carbocycles. The van der Waals surface area contributed by atoms with Gasteiger partial charge in [-0.2, -0.15) is 5.26 Å². The van der Waals surface area contributed by atoms with Crippen LogP contribution < -0.4 is 10.9 Å². The minimum Gasteiger partial charge on any atom is -0.423 e. The van der Waals surface area contributed by atoms with Gasteiger partial charge in [0.25, 0.3) is 0 Å². The van der Waals surface area contributed by atoms with Crippen LogP contribution in [0.2, 0.25) is 0 Å². The average Bonchev–Trinajstić information content (AvgIpc) is 2.57. The summed E-state index contributed by atoms with van der Waals surface area (Å²) < 4.78 is 0.364. The molecule has 0 fully saturated rings. The molecule has 7 nitrogen and oxygen atoms in total. The van der Waals surface area contributed by atoms with Gasteiger partial charge in [0.1, 0.15) is 18.0 Å². The van der Waals surface area contributed by atoms with Crippen molar-refractivity contribution in [1.29, 1.82) is 5.26 Å². The second kappa shape index (κ2) is 5.54. The number of nitrogens with zero attached hydrogens (tertiary/aromatic N) is 4. The lowest BCUT2D eigenvalue weighted by Gasteiger charge is -2.12. The quantitative estimate of drug-likeness (QED) is 0.709. The van der Waals surface area contributed by atoms with Gasteiger partial charge in [0.15, 0.2) is 5.65 Å². The summed E-state index contributed by atoms with van der Waals surface area (Å²) in [5, 5.41) is 22.5. The smallest absolute Gasteiger partial charge is 0.304 e. The molecule has 2 heterocycles. The first kappa shape index (κ1) is 13.6. The van der Waals surface area contributed by atoms with Crippen molar-refractivity contribution in [2.24, 2.45) is 0 Å². The molecule has 1 aromatic carbocycles. The van der Waals surface area contributed by atoms with Crippen molar-refractivity contribution in [1.82, 2.24) is 14.7 Å². The Labute approximate surface area is 125 Å². The highest BCUT2D eigenvalue weighted by atomic mass is 16.5. The number of anilines is 1. The number of hydrogen-bond acceptors (Lipinski definition) is 6. The lowest BCUT2D eigenvalue weighted by atomic mass is 10.1. The standard InChI is InChI=1S/C15H11N5O2/c16-6-11-13(18-7-10-4-2-1-3-5-10)12-8-17-9-19-14(12)20(22)15(11)21/h1-5,8-9,18,22H,7H2. The van der Waals surface area contributed by atoms with Gasteiger partial charge in [-0.15, -0.1) is 4.73 Å². The number of hydrogen-bond donors (Lipinski definition) is 2. The highest BCUT2D eigenvalue weighted by Crippen LogP contribution is 2.22. The Balaban J connectivity index is 2.14. The molecule has 0 saturated heterocycles. The second-order valence-corrected chi connectivity index (χ2v) is 4.58. The third kappa shape index (κ3) is 2.23. The molecule has 0 unspecified atom stereocenters. The number of aromatic nitrogens is 3. The Bertz CT molecular complexity index is 928. The summed E-state index contributed by atoms with van der Waals surface area (Å²) in [7, 11) is 0. The zero-order valence-electron chi connectivity index (χ0n) is 11.4. The van der Waals surface area contributed by atoms with E-state index >= 15 is 0 Å². The SMILES string of the molecule is N#Cc1c(NCc2ccccc2)c2cncnc2n(O)c1=O. The molecule has 3 aromatic rings. The van der Waals surface area contributed by atoms with E-state index in [1.54, 1.807) is 0 Å². The fraction of sp³-hybridized carbons (Fsp3) is 0.0667. The minimum atomic E-state index is -0.815. The maximum absolute atomic E-state index is 12.0. The van der Waals surface area contributed by atoms with Gasteiger partial charge in [-0.1, -0.05) is 30.3 Å². The topological polar surface area (TPSA) is 104 Å². The van der Waals surface area contributed by atoms with Gasteiger partial charge in [-0.05, 0) is 5.56 Å². The molecule has 2 aromatic heterocycles. The van der Waals surface area contributed by atoms with E-state index < -0.39 is 5.56 Å². The zero-order chi connectivity index (χ0) is 15.5. The Morgan fingerprint density at radius 1 is 1.32 bits per heavy atom. The normalized spacial score (nSPS) is 10.3. The maximum atomic E-state index is 12.0. The van der Waals surface area contributed by atoms with Gasteiger partial charge in [-0.3, -0.25) is 4.79 Å². The van der Waals surface area contributed by atoms with E-state index in [4.69, 9.17) is 0 Å². The molecule has 0 bridgehead atoms. The molecule has 0 atom stereocenters. The van der Waals surface area contributed by atoms with E-state index in [1.807, 2.05) is 36.4 Å². The van der Waals surface area contributed by atoms with Crippen LogP contribution in [0.3, 0.4) is 0 Å². The Kier molecular flexibility index (Phi) is 3.42. The fourth-order valence-corrected chi connectivity index (χ4v) is 2.19. The highest BCUT2D eigenvalue weighted by Gasteiger charge is 2.17. The van der Waals surface area contributed by atoms with Crippen molar-refractivity contribution in [3.8, 4) is 6.07 Å². The monoisotopic (exact) mass is 293 g/mol. The lowest BCUT2D eigenvalue weighted by Crippen LogP contribution is -2.23. The van der Waals surface area contributed by atoms with E-state index in [0.29, 0.717) is 22.3 Å². The maximum Gasteiger partial charge on any atom is 0.304 e. The van der Waals surface area contributed by atoms with Crippen molar-refractivity contribution in [2.45, 2.75) is 6.54 Å². The van der Waals surface area contributed by atoms with Gasteiger partial charge in [0.2, 0.25) is 0 Å². The molecule has 0 aliphatic rings. The molecule has 22 heavy (non-hydrogen) atoms. The number of benzene rings is 1. The molecule has 0 radical (unpaired) electrons. The summed E-state index contributed by atoms with van der Waals surface area (Å²) in [5.74, 6) is 0. The minimum absolute atomic E-state index is 0.0505. The summed E-state index contributed by atoms with van der Waals surface area (Å²) in [5.41, 5.74) is 0.362. The molecule has 3 rings (SSSR count). The number of rotatable bonds is 3. The molecule has 108 valence electrons. The molecular formula is C15H11N5O2. The third-order valence-corrected chi connectivity index (χ3v) is 3.24. The van der Waals surface area contributed by atoms with Crippen molar-refractivity contribution >= 4 is 16.7 Å². The first-order chi connectivity index (χ1) is 10.7. The van der Waals surface area contributed by atoms with Crippen LogP contribution in [0.5, 0.6) is 0 Å². The molecule has 0 spiro atoms. The number of nitriles is 1. The van der Waals surface area contributed by atoms with Crippen LogP contribution in [0.4, 0.5) is 5.69 Å². The van der Waals surface area contributed by atoms with Crippen LogP contribution in [-0.4, -0.2) is 19.9 Å². The molecule has 7 heteroatoms. The molecule has 2 N–H and O–H groups in total. The molecule has 0 amide bonds. The third-order valence-electron chi connectivity index (χ3n) is 3.24. The van der Waals surface area contributed by atoms with Crippen LogP contribution in [0.1, 0.15) is 11.1 Å². The Morgan fingerprint density at radius 3 is 2.82 bits per heavy atom. The van der Waals surface area contributed by atoms with E-state index in [1.165, 1.54) is 12.5 Å². The van der Waals surface area contributed by atoms with E-state index in [2.05, 4.69) is 15.3 Å². The first-order valence-corrected chi connectivity index (χ1v) is 6.48. The van der Waals surface area contributed by atoms with Crippen molar-refractivity contribution < 1.29 is 5.21 Å². The molecular weight excluding hydrogens is 282 g/mol. The lowest BCUT2D eigenvalue weighted by molar-refractivity contribution is 0.186. The van der Waals surface area contributed by atoms with Gasteiger partial charge < -0.3 is 10.5 Å². The van der Waals surface area contributed by atoms with Gasteiger partial charge in [-0.25, -0.2) is 9.97 Å². The van der Waals surface area contributed by atoms with Gasteiger partial charge >= 0.3 is 5.56 Å². The number of pyridine rings is 1. The van der Waals surface area contributed by atoms with Crippen LogP contribution in [0.25, 0.3) is 11.0 Å². The van der Waals surface area contributed by atoms with Crippen molar-refractivity contribution in [2.75, 3.05) is 5.32 Å². The largest absolute Gasteiger partial charge is 0.423 e. The average molecular weight is 293 g/mol. The fourth-order valence-electron chi connectivity index (χ4n) is 2.19. The van der Waals surface area contributed by atoms with Crippen LogP contribution in [-0.2, 0) is 6.54 Å². The first-order valence-electron chi connectivity index (χ1n) is 6.48. The molecule has 0 aliphatic heterocycles. The highest BCUT2D eigenvalue weighted by molar-refractivity contribution is 5.91. The summed E-state index contributed by atoms with van der Waals surface area (Å²) in [6.07, 6.45) is 2.67. The van der Waals surface area contributed by atoms with E-state index in [0.717, 1.165) is 5.56 Å².